The minimum atomic E-state index is 0.709. The predicted molar refractivity (Wildman–Crippen MR) is 111 cm³/mol. The van der Waals surface area contributed by atoms with Crippen molar-refractivity contribution in [3.63, 3.8) is 0 Å². The van der Waals surface area contributed by atoms with Gasteiger partial charge in [-0.1, -0.05) is 23.7 Å². The van der Waals surface area contributed by atoms with Crippen LogP contribution in [0.1, 0.15) is 11.4 Å². The number of aromatic nitrogens is 2. The third kappa shape index (κ3) is 3.96. The van der Waals surface area contributed by atoms with Crippen molar-refractivity contribution in [2.75, 3.05) is 18.4 Å². The fourth-order valence-corrected chi connectivity index (χ4v) is 4.01. The van der Waals surface area contributed by atoms with E-state index in [-0.39, 0.29) is 0 Å². The molecule has 0 aliphatic rings. The van der Waals surface area contributed by atoms with Crippen molar-refractivity contribution in [1.29, 1.82) is 0 Å². The Morgan fingerprint density at radius 3 is 2.85 bits per heavy atom. The lowest BCUT2D eigenvalue weighted by Crippen LogP contribution is -2.17. The number of pyridine rings is 1. The molecular formula is C20H19ClN4S. The number of anilines is 1. The lowest BCUT2D eigenvalue weighted by Gasteiger charge is -2.09. The number of fused-ring (bicyclic) bond motifs is 2. The van der Waals surface area contributed by atoms with Gasteiger partial charge in [-0.3, -0.25) is 4.98 Å². The summed E-state index contributed by atoms with van der Waals surface area (Å²) < 4.78 is 1.25. The van der Waals surface area contributed by atoms with Gasteiger partial charge in [0.2, 0.25) is 0 Å². The molecule has 0 bridgehead atoms. The Morgan fingerprint density at radius 1 is 1.00 bits per heavy atom. The number of thiazole rings is 1. The van der Waals surface area contributed by atoms with Crippen LogP contribution in [0.15, 0.2) is 54.7 Å². The second-order valence-electron chi connectivity index (χ2n) is 6.05. The van der Waals surface area contributed by atoms with Crippen molar-refractivity contribution in [3.8, 4) is 0 Å². The molecule has 2 heterocycles. The first-order valence-electron chi connectivity index (χ1n) is 8.63. The SMILES string of the molecule is Clc1ccc2c(NCCCNCc3nc4ccccc4s3)ccnc2c1. The van der Waals surface area contributed by atoms with Crippen molar-refractivity contribution in [1.82, 2.24) is 15.3 Å². The molecule has 0 saturated heterocycles. The first-order chi connectivity index (χ1) is 12.8. The molecule has 0 aliphatic carbocycles. The standard InChI is InChI=1S/C20H19ClN4S/c21-14-6-7-15-16(8-11-24-18(15)12-14)23-10-3-9-22-13-20-25-17-4-1-2-5-19(17)26-20/h1-2,4-8,11-12,22H,3,9-10,13H2,(H,23,24). The molecule has 2 aromatic heterocycles. The maximum atomic E-state index is 6.04. The van der Waals surface area contributed by atoms with Crippen molar-refractivity contribution in [3.05, 3.63) is 64.8 Å². The van der Waals surface area contributed by atoms with Crippen molar-refractivity contribution in [2.24, 2.45) is 0 Å². The van der Waals surface area contributed by atoms with Crippen LogP contribution in [-0.4, -0.2) is 23.1 Å². The predicted octanol–water partition coefficient (Wildman–Crippen LogP) is 5.09. The Hall–Kier alpha value is -2.21. The summed E-state index contributed by atoms with van der Waals surface area (Å²) in [5, 5.41) is 9.90. The van der Waals surface area contributed by atoms with E-state index in [0.717, 1.165) is 53.2 Å². The van der Waals surface area contributed by atoms with E-state index in [0.29, 0.717) is 5.02 Å². The molecule has 0 spiro atoms. The van der Waals surface area contributed by atoms with Gasteiger partial charge in [-0.2, -0.15) is 0 Å². The Morgan fingerprint density at radius 2 is 1.92 bits per heavy atom. The van der Waals surface area contributed by atoms with Crippen LogP contribution in [0.5, 0.6) is 0 Å². The number of halogens is 1. The van der Waals surface area contributed by atoms with Crippen LogP contribution < -0.4 is 10.6 Å². The summed E-state index contributed by atoms with van der Waals surface area (Å²) in [5.74, 6) is 0. The molecule has 0 unspecified atom stereocenters. The molecule has 0 fully saturated rings. The zero-order valence-corrected chi connectivity index (χ0v) is 15.8. The number of para-hydroxylation sites is 1. The molecule has 26 heavy (non-hydrogen) atoms. The summed E-state index contributed by atoms with van der Waals surface area (Å²) in [5.41, 5.74) is 3.09. The highest BCUT2D eigenvalue weighted by atomic mass is 35.5. The molecule has 0 aliphatic heterocycles. The van der Waals surface area contributed by atoms with Gasteiger partial charge in [-0.25, -0.2) is 4.98 Å². The van der Waals surface area contributed by atoms with Crippen LogP contribution in [0.4, 0.5) is 5.69 Å². The average molecular weight is 383 g/mol. The quantitative estimate of drug-likeness (QED) is 0.437. The molecule has 4 rings (SSSR count). The van der Waals surface area contributed by atoms with E-state index >= 15 is 0 Å². The van der Waals surface area contributed by atoms with Crippen LogP contribution >= 0.6 is 22.9 Å². The highest BCUT2D eigenvalue weighted by molar-refractivity contribution is 7.18. The monoisotopic (exact) mass is 382 g/mol. The zero-order chi connectivity index (χ0) is 17.8. The normalized spacial score (nSPS) is 11.3. The summed E-state index contributed by atoms with van der Waals surface area (Å²) in [6.07, 6.45) is 2.84. The lowest BCUT2D eigenvalue weighted by molar-refractivity contribution is 0.662. The number of nitrogens with one attached hydrogen (secondary N) is 2. The molecule has 4 nitrogen and oxygen atoms in total. The number of nitrogens with zero attached hydrogens (tertiary/aromatic N) is 2. The summed E-state index contributed by atoms with van der Waals surface area (Å²) in [6, 6.07) is 16.1. The molecular weight excluding hydrogens is 364 g/mol. The molecule has 132 valence electrons. The first kappa shape index (κ1) is 17.2. The first-order valence-corrected chi connectivity index (χ1v) is 9.82. The van der Waals surface area contributed by atoms with Gasteiger partial charge in [0.1, 0.15) is 5.01 Å². The number of rotatable bonds is 7. The van der Waals surface area contributed by atoms with Gasteiger partial charge in [-0.15, -0.1) is 11.3 Å². The third-order valence-electron chi connectivity index (χ3n) is 4.16. The summed E-state index contributed by atoms with van der Waals surface area (Å²) in [4.78, 5) is 9.01. The maximum absolute atomic E-state index is 6.04. The molecule has 6 heteroatoms. The molecule has 2 N–H and O–H groups in total. The topological polar surface area (TPSA) is 49.8 Å². The summed E-state index contributed by atoms with van der Waals surface area (Å²) >= 11 is 7.79. The Labute approximate surface area is 161 Å². The van der Waals surface area contributed by atoms with Gasteiger partial charge in [0, 0.05) is 35.4 Å². The number of hydrogen-bond acceptors (Lipinski definition) is 5. The van der Waals surface area contributed by atoms with Gasteiger partial charge >= 0.3 is 0 Å². The van der Waals surface area contributed by atoms with Gasteiger partial charge < -0.3 is 10.6 Å². The summed E-state index contributed by atoms with van der Waals surface area (Å²) in [7, 11) is 0. The van der Waals surface area contributed by atoms with Gasteiger partial charge in [0.15, 0.2) is 0 Å². The van der Waals surface area contributed by atoms with Crippen LogP contribution in [0, 0.1) is 0 Å². The van der Waals surface area contributed by atoms with E-state index in [1.54, 1.807) is 11.3 Å². The van der Waals surface area contributed by atoms with Gasteiger partial charge in [-0.05, 0) is 49.4 Å². The fourth-order valence-electron chi connectivity index (χ4n) is 2.90. The summed E-state index contributed by atoms with van der Waals surface area (Å²) in [6.45, 7) is 2.66. The Balaban J connectivity index is 1.25. The Kier molecular flexibility index (Phi) is 5.29. The molecule has 0 radical (unpaired) electrons. The fraction of sp³-hybridized carbons (Fsp3) is 0.200. The second-order valence-corrected chi connectivity index (χ2v) is 7.60. The molecule has 2 aromatic carbocycles. The molecule has 0 atom stereocenters. The van der Waals surface area contributed by atoms with E-state index < -0.39 is 0 Å². The third-order valence-corrected chi connectivity index (χ3v) is 5.44. The van der Waals surface area contributed by atoms with Gasteiger partial charge in [0.25, 0.3) is 0 Å². The second kappa shape index (κ2) is 7.99. The highest BCUT2D eigenvalue weighted by Crippen LogP contribution is 2.24. The van der Waals surface area contributed by atoms with Crippen molar-refractivity contribution in [2.45, 2.75) is 13.0 Å². The smallest absolute Gasteiger partial charge is 0.108 e. The van der Waals surface area contributed by atoms with Crippen LogP contribution in [0.2, 0.25) is 5.02 Å². The van der Waals surface area contributed by atoms with Crippen LogP contribution in [0.3, 0.4) is 0 Å². The van der Waals surface area contributed by atoms with E-state index in [1.807, 2.05) is 36.5 Å². The number of benzene rings is 2. The lowest BCUT2D eigenvalue weighted by atomic mass is 10.2. The largest absolute Gasteiger partial charge is 0.384 e. The van der Waals surface area contributed by atoms with E-state index in [2.05, 4.69) is 38.8 Å². The minimum Gasteiger partial charge on any atom is -0.384 e. The molecule has 0 amide bonds. The van der Waals surface area contributed by atoms with Crippen molar-refractivity contribution >= 4 is 49.7 Å². The molecule has 0 saturated carbocycles. The number of hydrogen-bond donors (Lipinski definition) is 2. The Bertz CT molecular complexity index is 998. The van der Waals surface area contributed by atoms with Crippen LogP contribution in [0.25, 0.3) is 21.1 Å². The van der Waals surface area contributed by atoms with Crippen molar-refractivity contribution < 1.29 is 0 Å². The highest BCUT2D eigenvalue weighted by Gasteiger charge is 2.03. The maximum Gasteiger partial charge on any atom is 0.108 e. The molecule has 4 aromatic rings. The minimum absolute atomic E-state index is 0.709. The zero-order valence-electron chi connectivity index (χ0n) is 14.2. The van der Waals surface area contributed by atoms with E-state index in [1.165, 1.54) is 4.70 Å². The van der Waals surface area contributed by atoms with E-state index in [9.17, 15) is 0 Å². The average Bonchev–Trinajstić information content (AvgIpc) is 3.07. The van der Waals surface area contributed by atoms with Crippen LogP contribution in [-0.2, 0) is 6.54 Å². The van der Waals surface area contributed by atoms with Gasteiger partial charge in [0.05, 0.1) is 15.7 Å². The van der Waals surface area contributed by atoms with E-state index in [4.69, 9.17) is 11.6 Å².